The number of aromatic nitrogens is 2. The summed E-state index contributed by atoms with van der Waals surface area (Å²) in [7, 11) is 1.67. The van der Waals surface area contributed by atoms with Crippen molar-refractivity contribution in [1.82, 2.24) is 20.6 Å². The number of carboxylic acid groups (broad SMARTS) is 2. The van der Waals surface area contributed by atoms with Crippen molar-refractivity contribution >= 4 is 47.1 Å². The zero-order chi connectivity index (χ0) is 51.5. The molecule has 6 N–H and O–H groups in total. The molecular weight excluding hydrogens is 964 g/mol. The van der Waals surface area contributed by atoms with E-state index in [1.54, 1.807) is 62.3 Å². The summed E-state index contributed by atoms with van der Waals surface area (Å²) in [6.07, 6.45) is 6.20. The molecule has 0 radical (unpaired) electrons. The van der Waals surface area contributed by atoms with E-state index in [9.17, 15) is 30.0 Å². The van der Waals surface area contributed by atoms with Crippen LogP contribution in [0.15, 0.2) is 108 Å². The molecule has 0 spiro atoms. The Morgan fingerprint density at radius 2 is 1.11 bits per heavy atom. The predicted octanol–water partition coefficient (Wildman–Crippen LogP) is 8.08. The molecule has 7 rings (SSSR count). The van der Waals surface area contributed by atoms with Crippen LogP contribution in [0.5, 0.6) is 23.0 Å². The Bertz CT molecular complexity index is 2980. The van der Waals surface area contributed by atoms with Gasteiger partial charge in [-0.25, -0.2) is 0 Å². The highest BCUT2D eigenvalue weighted by atomic mass is 35.5. The lowest BCUT2D eigenvalue weighted by Crippen LogP contribution is -2.44. The number of benzene rings is 4. The molecule has 0 saturated heterocycles. The third kappa shape index (κ3) is 13.7. The summed E-state index contributed by atoms with van der Waals surface area (Å²) >= 11 is 13.7. The van der Waals surface area contributed by atoms with Gasteiger partial charge < -0.3 is 39.4 Å². The number of aliphatic imine (C=N–C) groups is 2. The minimum atomic E-state index is -1.23. The van der Waals surface area contributed by atoms with Gasteiger partial charge in [0, 0.05) is 96.7 Å². The van der Waals surface area contributed by atoms with Crippen LogP contribution in [0, 0.1) is 13.8 Å². The first kappa shape index (κ1) is 52.9. The molecule has 2 aromatic heterocycles. The Balaban J connectivity index is 1.09. The second kappa shape index (κ2) is 24.5. The number of halogens is 2. The Morgan fingerprint density at radius 1 is 0.653 bits per heavy atom. The monoisotopic (exact) mass is 1020 g/mol. The van der Waals surface area contributed by atoms with Crippen molar-refractivity contribution in [1.29, 1.82) is 0 Å². The average Bonchev–Trinajstić information content (AvgIpc) is 4.20. The zero-order valence-electron chi connectivity index (χ0n) is 40.4. The molecule has 16 nitrogen and oxygen atoms in total. The van der Waals surface area contributed by atoms with Crippen molar-refractivity contribution in [2.24, 2.45) is 9.98 Å². The van der Waals surface area contributed by atoms with Crippen LogP contribution in [0.3, 0.4) is 0 Å². The third-order valence-electron chi connectivity index (χ3n) is 12.0. The normalized spacial score (nSPS) is 13.8. The van der Waals surface area contributed by atoms with Gasteiger partial charge in [0.15, 0.2) is 0 Å². The average molecular weight is 1020 g/mol. The highest BCUT2D eigenvalue weighted by molar-refractivity contribution is 6.32. The molecule has 1 aliphatic heterocycles. The number of carbonyl (C=O) groups is 2. The molecule has 18 heteroatoms. The van der Waals surface area contributed by atoms with Crippen LogP contribution >= 0.6 is 23.2 Å². The molecule has 4 aromatic carbocycles. The van der Waals surface area contributed by atoms with Crippen LogP contribution < -0.4 is 29.6 Å². The molecule has 0 amide bonds. The quantitative estimate of drug-likeness (QED) is 0.0298. The maximum Gasteiger partial charge on any atom is 0.323 e. The van der Waals surface area contributed by atoms with E-state index in [1.807, 2.05) is 62.4 Å². The van der Waals surface area contributed by atoms with E-state index in [4.69, 9.17) is 42.1 Å². The van der Waals surface area contributed by atoms with E-state index >= 15 is 0 Å². The van der Waals surface area contributed by atoms with Crippen molar-refractivity contribution in [3.8, 4) is 34.1 Å². The number of nitrogens with zero attached hydrogens (tertiary/aromatic N) is 4. The van der Waals surface area contributed by atoms with Crippen LogP contribution in [0.1, 0.15) is 69.5 Å². The smallest absolute Gasteiger partial charge is 0.323 e. The predicted molar refractivity (Wildman–Crippen MR) is 275 cm³/mol. The van der Waals surface area contributed by atoms with E-state index in [1.165, 1.54) is 13.8 Å². The van der Waals surface area contributed by atoms with E-state index in [2.05, 4.69) is 30.6 Å². The first-order valence-corrected chi connectivity index (χ1v) is 23.8. The van der Waals surface area contributed by atoms with E-state index in [0.717, 1.165) is 61.3 Å². The molecule has 72 heavy (non-hydrogen) atoms. The molecular formula is C54H56Cl2N6O10. The number of aliphatic hydroxyl groups is 2. The Labute approximate surface area is 427 Å². The molecule has 0 saturated carbocycles. The van der Waals surface area contributed by atoms with Crippen LogP contribution in [0.4, 0.5) is 0 Å². The summed E-state index contributed by atoms with van der Waals surface area (Å²) in [5.74, 6) is -0.883. The maximum atomic E-state index is 11.9. The van der Waals surface area contributed by atoms with Gasteiger partial charge in [0.1, 0.15) is 61.5 Å². The summed E-state index contributed by atoms with van der Waals surface area (Å²) in [5.41, 5.74) is 11.2. The van der Waals surface area contributed by atoms with Crippen LogP contribution in [0.2, 0.25) is 10.0 Å². The molecule has 0 fully saturated rings. The van der Waals surface area contributed by atoms with Gasteiger partial charge in [-0.2, -0.15) is 0 Å². The van der Waals surface area contributed by atoms with Gasteiger partial charge in [0.25, 0.3) is 0 Å². The number of aliphatic carboxylic acids is 2. The van der Waals surface area contributed by atoms with Crippen LogP contribution in [-0.2, 0) is 49.1 Å². The molecule has 0 bridgehead atoms. The van der Waals surface area contributed by atoms with Gasteiger partial charge in [-0.1, -0.05) is 59.6 Å². The van der Waals surface area contributed by atoms with Gasteiger partial charge in [0.05, 0.1) is 34.5 Å². The molecule has 3 heterocycles. The molecule has 0 unspecified atom stereocenters. The van der Waals surface area contributed by atoms with Crippen LogP contribution in [-0.4, -0.2) is 92.1 Å². The highest BCUT2D eigenvalue weighted by Crippen LogP contribution is 2.38. The number of aliphatic hydroxyl groups excluding tert-OH is 2. The van der Waals surface area contributed by atoms with Crippen molar-refractivity contribution in [2.45, 2.75) is 91.5 Å². The Morgan fingerprint density at radius 3 is 1.56 bits per heavy atom. The molecule has 1 aliphatic rings. The minimum absolute atomic E-state index is 0.0297. The molecule has 376 valence electrons. The molecule has 4 atom stereocenters. The standard InChI is InChI=1S/C54H56Cl2N6O10/c1-30-37(28-71-49-16-47(69-26-35-12-34(18-57-5)19-58-20-35)40(14-44(49)55)23-61-51(32(3)63)53(65)66)8-6-10-42(30)43-11-7-9-38(31(43)2)29-72-50-17-48(70-27-36-13-39(22-59-21-36)46-25-60-46)41(15-45(50)56)24-62-52(33(4)64)54(67)68/h6-22,32-33,51-52,61-64H,23-29H2,1-5H3,(H,65,66)(H,67,68)/t32-,33+,51-,52-/m1/s1. The fourth-order valence-corrected chi connectivity index (χ4v) is 8.42. The fraction of sp³-hybridized carbons (Fsp3) is 0.296. The highest BCUT2D eigenvalue weighted by Gasteiger charge is 2.25. The van der Waals surface area contributed by atoms with Gasteiger partial charge >= 0.3 is 11.9 Å². The summed E-state index contributed by atoms with van der Waals surface area (Å²) in [4.78, 5) is 40.7. The lowest BCUT2D eigenvalue weighted by molar-refractivity contribution is -0.143. The summed E-state index contributed by atoms with van der Waals surface area (Å²) in [5, 5.41) is 45.9. The van der Waals surface area contributed by atoms with Crippen LogP contribution in [0.25, 0.3) is 11.1 Å². The molecule has 0 aliphatic carbocycles. The van der Waals surface area contributed by atoms with E-state index < -0.39 is 36.2 Å². The number of nitrogens with one attached hydrogen (secondary N) is 2. The third-order valence-corrected chi connectivity index (χ3v) is 12.6. The second-order valence-electron chi connectivity index (χ2n) is 17.3. The first-order valence-electron chi connectivity index (χ1n) is 23.1. The lowest BCUT2D eigenvalue weighted by atomic mass is 9.92. The fourth-order valence-electron chi connectivity index (χ4n) is 7.94. The Kier molecular flexibility index (Phi) is 18.0. The topological polar surface area (TPSA) is 227 Å². The van der Waals surface area contributed by atoms with Gasteiger partial charge in [-0.05, 0) is 85.3 Å². The zero-order valence-corrected chi connectivity index (χ0v) is 41.9. The SMILES string of the molecule is CN=Cc1cncc(COc2cc(OCc3cccc(-c4cccc(COc5cc(OCc6cncc(C7=NC7)c6)c(CN[C@@H](C(=O)O)[C@H](C)O)cc5Cl)c4C)c3C)c(Cl)cc2CN[C@@H](C(=O)O)[C@@H](C)O)c1. The van der Waals surface area contributed by atoms with Crippen molar-refractivity contribution in [3.63, 3.8) is 0 Å². The number of hydrogen-bond acceptors (Lipinski definition) is 14. The maximum absolute atomic E-state index is 11.9. The van der Waals surface area contributed by atoms with Gasteiger partial charge in [0.2, 0.25) is 0 Å². The molecule has 6 aromatic rings. The van der Waals surface area contributed by atoms with Crippen molar-refractivity contribution in [3.05, 3.63) is 163 Å². The Hall–Kier alpha value is -6.92. The second-order valence-corrected chi connectivity index (χ2v) is 18.2. The summed E-state index contributed by atoms with van der Waals surface area (Å²) in [6.45, 7) is 8.21. The summed E-state index contributed by atoms with van der Waals surface area (Å²) < 4.78 is 25.4. The summed E-state index contributed by atoms with van der Waals surface area (Å²) in [6, 6.07) is 20.1. The minimum Gasteiger partial charge on any atom is -0.488 e. The van der Waals surface area contributed by atoms with E-state index in [0.29, 0.717) is 40.7 Å². The number of carboxylic acids is 2. The van der Waals surface area contributed by atoms with Crippen molar-refractivity contribution in [2.75, 3.05) is 13.6 Å². The lowest BCUT2D eigenvalue weighted by Gasteiger charge is -2.20. The largest absolute Gasteiger partial charge is 0.488 e. The number of ether oxygens (including phenoxy) is 4. The number of hydrogen-bond donors (Lipinski definition) is 6. The van der Waals surface area contributed by atoms with Gasteiger partial charge in [-0.15, -0.1) is 0 Å². The first-order chi connectivity index (χ1) is 34.6. The number of pyridine rings is 2. The number of rotatable bonds is 25. The van der Waals surface area contributed by atoms with E-state index in [-0.39, 0.29) is 49.6 Å². The van der Waals surface area contributed by atoms with Crippen molar-refractivity contribution < 1.29 is 49.0 Å². The van der Waals surface area contributed by atoms with Gasteiger partial charge in [-0.3, -0.25) is 40.2 Å².